The first-order valence-electron chi connectivity index (χ1n) is 10.0. The van der Waals surface area contributed by atoms with Crippen molar-refractivity contribution in [1.29, 1.82) is 0 Å². The molecule has 0 aliphatic carbocycles. The Morgan fingerprint density at radius 1 is 0.406 bits per heavy atom. The highest BCUT2D eigenvalue weighted by molar-refractivity contribution is 7.98. The number of amidine groups is 2. The van der Waals surface area contributed by atoms with Gasteiger partial charge in [-0.05, 0) is 24.3 Å². The first-order valence-corrected chi connectivity index (χ1v) is 11.6. The number of nitrogens with zero attached hydrogens (tertiary/aromatic N) is 4. The van der Waals surface area contributed by atoms with E-state index in [9.17, 15) is 0 Å². The molecule has 0 aromatic heterocycles. The van der Waals surface area contributed by atoms with Gasteiger partial charge in [0.2, 0.25) is 0 Å². The Balaban J connectivity index is 1.65. The minimum absolute atomic E-state index is 0.535. The molecule has 4 rings (SSSR count). The van der Waals surface area contributed by atoms with Gasteiger partial charge >= 0.3 is 0 Å². The van der Waals surface area contributed by atoms with Crippen LogP contribution >= 0.6 is 23.9 Å². The topological polar surface area (TPSA) is 49.4 Å². The molecular weight excluding hydrogens is 432 g/mol. The maximum absolute atomic E-state index is 4.66. The van der Waals surface area contributed by atoms with Crippen LogP contribution in [-0.2, 0) is 0 Å². The molecule has 0 bridgehead atoms. The van der Waals surface area contributed by atoms with Crippen molar-refractivity contribution in [1.82, 2.24) is 0 Å². The van der Waals surface area contributed by atoms with Gasteiger partial charge in [0.05, 0.1) is 0 Å². The molecule has 6 heteroatoms. The Hall–Kier alpha value is -3.48. The summed E-state index contributed by atoms with van der Waals surface area (Å²) in [5, 5.41) is 9.02. The Morgan fingerprint density at radius 2 is 0.719 bits per heavy atom. The van der Waals surface area contributed by atoms with E-state index in [1.165, 1.54) is 23.9 Å². The van der Waals surface area contributed by atoms with Gasteiger partial charge in [-0.1, -0.05) is 97.1 Å². The smallest absolute Gasteiger partial charge is 0.189 e. The Morgan fingerprint density at radius 3 is 1.06 bits per heavy atom. The molecule has 4 aromatic carbocycles. The van der Waals surface area contributed by atoms with Crippen LogP contribution in [0.4, 0.5) is 0 Å². The van der Waals surface area contributed by atoms with Crippen molar-refractivity contribution in [3.63, 3.8) is 0 Å². The van der Waals surface area contributed by atoms with Crippen molar-refractivity contribution in [3.8, 4) is 0 Å². The summed E-state index contributed by atoms with van der Waals surface area (Å²) >= 11 is 2.74. The van der Waals surface area contributed by atoms with Crippen LogP contribution in [0.5, 0.6) is 0 Å². The van der Waals surface area contributed by atoms with Crippen LogP contribution in [-0.4, -0.2) is 11.7 Å². The molecular formula is C26H20N4S2. The van der Waals surface area contributed by atoms with Crippen molar-refractivity contribution < 1.29 is 0 Å². The van der Waals surface area contributed by atoms with Crippen molar-refractivity contribution in [3.05, 3.63) is 132 Å². The van der Waals surface area contributed by atoms with E-state index in [-0.39, 0.29) is 0 Å². The molecule has 4 nitrogen and oxygen atoms in total. The average Bonchev–Trinajstić information content (AvgIpc) is 2.88. The third kappa shape index (κ3) is 6.51. The quantitative estimate of drug-likeness (QED) is 0.130. The van der Waals surface area contributed by atoms with Crippen LogP contribution in [0.3, 0.4) is 0 Å². The Kier molecular flexibility index (Phi) is 8.01. The lowest BCUT2D eigenvalue weighted by molar-refractivity contribution is 1.31. The zero-order valence-corrected chi connectivity index (χ0v) is 18.8. The normalized spacial score (nSPS) is 12.2. The van der Waals surface area contributed by atoms with E-state index >= 15 is 0 Å². The largest absolute Gasteiger partial charge is 0.189 e. The second-order valence-corrected chi connectivity index (χ2v) is 8.24. The lowest BCUT2D eigenvalue weighted by Gasteiger charge is -2.03. The molecule has 0 N–H and O–H groups in total. The maximum Gasteiger partial charge on any atom is 0.189 e. The number of hydrogen-bond donors (Lipinski definition) is 0. The third-order valence-corrected chi connectivity index (χ3v) is 5.76. The fourth-order valence-electron chi connectivity index (χ4n) is 2.68. The van der Waals surface area contributed by atoms with E-state index in [1.54, 1.807) is 0 Å². The minimum atomic E-state index is 0.535. The molecule has 156 valence electrons. The standard InChI is InChI=1S/C26H20N4S2/c1-5-13-21(14-6-1)25(29-31-23-17-9-3-10-18-23)27-28-26(22-15-7-2-8-16-22)30-32-24-19-11-4-12-20-24/h1-20H/b28-27+,29-25-,30-26+. The van der Waals surface area contributed by atoms with Crippen LogP contribution in [0.1, 0.15) is 11.1 Å². The summed E-state index contributed by atoms with van der Waals surface area (Å²) in [6.07, 6.45) is 0. The molecule has 0 aliphatic rings. The fraction of sp³-hybridized carbons (Fsp3) is 0. The van der Waals surface area contributed by atoms with Gasteiger partial charge in [-0.15, -0.1) is 10.2 Å². The second kappa shape index (κ2) is 11.8. The summed E-state index contributed by atoms with van der Waals surface area (Å²) in [5.74, 6) is 1.07. The molecule has 0 spiro atoms. The van der Waals surface area contributed by atoms with E-state index in [0.29, 0.717) is 11.7 Å². The molecule has 0 unspecified atom stereocenters. The van der Waals surface area contributed by atoms with Crippen molar-refractivity contribution >= 4 is 35.6 Å². The molecule has 0 saturated carbocycles. The molecule has 32 heavy (non-hydrogen) atoms. The predicted octanol–water partition coefficient (Wildman–Crippen LogP) is 7.75. The second-order valence-electron chi connectivity index (χ2n) is 6.57. The van der Waals surface area contributed by atoms with Crippen LogP contribution in [0.15, 0.2) is 150 Å². The number of rotatable bonds is 6. The van der Waals surface area contributed by atoms with Gasteiger partial charge in [0.15, 0.2) is 11.7 Å². The summed E-state index contributed by atoms with van der Waals surface area (Å²) in [4.78, 5) is 2.07. The predicted molar refractivity (Wildman–Crippen MR) is 135 cm³/mol. The monoisotopic (exact) mass is 452 g/mol. The summed E-state index contributed by atoms with van der Waals surface area (Å²) in [6, 6.07) is 39.7. The highest BCUT2D eigenvalue weighted by atomic mass is 32.2. The van der Waals surface area contributed by atoms with Gasteiger partial charge in [0, 0.05) is 44.8 Å². The van der Waals surface area contributed by atoms with E-state index in [1.807, 2.05) is 121 Å². The van der Waals surface area contributed by atoms with Gasteiger partial charge in [0.1, 0.15) is 0 Å². The molecule has 4 aromatic rings. The maximum atomic E-state index is 4.66. The van der Waals surface area contributed by atoms with E-state index in [2.05, 4.69) is 19.0 Å². The van der Waals surface area contributed by atoms with Crippen molar-refractivity contribution in [2.45, 2.75) is 9.79 Å². The van der Waals surface area contributed by atoms with Crippen LogP contribution in [0.25, 0.3) is 0 Å². The zero-order valence-electron chi connectivity index (χ0n) is 17.2. The van der Waals surface area contributed by atoms with Crippen LogP contribution < -0.4 is 0 Å². The lowest BCUT2D eigenvalue weighted by atomic mass is 10.2. The molecule has 0 aliphatic heterocycles. The SMILES string of the molecule is c1ccc(S\N=C(/N=N/C(=N/Sc2ccccc2)c2ccccc2)c2ccccc2)cc1. The van der Waals surface area contributed by atoms with Gasteiger partial charge in [-0.3, -0.25) is 0 Å². The number of hydrogen-bond acceptors (Lipinski definition) is 4. The lowest BCUT2D eigenvalue weighted by Crippen LogP contribution is -1.99. The van der Waals surface area contributed by atoms with Gasteiger partial charge in [0.25, 0.3) is 0 Å². The van der Waals surface area contributed by atoms with Gasteiger partial charge < -0.3 is 0 Å². The molecule has 0 radical (unpaired) electrons. The number of benzene rings is 4. The van der Waals surface area contributed by atoms with Gasteiger partial charge in [-0.2, -0.15) is 8.80 Å². The Labute approximate surface area is 196 Å². The third-order valence-electron chi connectivity index (χ3n) is 4.26. The van der Waals surface area contributed by atoms with E-state index in [0.717, 1.165) is 20.9 Å². The average molecular weight is 453 g/mol. The first-order chi connectivity index (χ1) is 15.9. The van der Waals surface area contributed by atoms with Crippen molar-refractivity contribution in [2.75, 3.05) is 0 Å². The molecule has 0 saturated heterocycles. The summed E-state index contributed by atoms with van der Waals surface area (Å²) in [6.45, 7) is 0. The number of azo groups is 1. The van der Waals surface area contributed by atoms with E-state index in [4.69, 9.17) is 0 Å². The molecule has 0 fully saturated rings. The molecule has 0 atom stereocenters. The fourth-order valence-corrected chi connectivity index (χ4v) is 3.91. The zero-order chi connectivity index (χ0) is 21.8. The highest BCUT2D eigenvalue weighted by Crippen LogP contribution is 2.22. The van der Waals surface area contributed by atoms with Crippen LogP contribution in [0.2, 0.25) is 0 Å². The first kappa shape index (κ1) is 21.7. The summed E-state index contributed by atoms with van der Waals surface area (Å²) < 4.78 is 9.32. The summed E-state index contributed by atoms with van der Waals surface area (Å²) in [7, 11) is 0. The summed E-state index contributed by atoms with van der Waals surface area (Å²) in [5.41, 5.74) is 1.78. The highest BCUT2D eigenvalue weighted by Gasteiger charge is 2.07. The van der Waals surface area contributed by atoms with Crippen molar-refractivity contribution in [2.24, 2.45) is 19.0 Å². The Bertz CT molecular complexity index is 1100. The molecule has 0 amide bonds. The van der Waals surface area contributed by atoms with E-state index < -0.39 is 0 Å². The molecule has 0 heterocycles. The minimum Gasteiger partial charge on any atom is -0.189 e. The van der Waals surface area contributed by atoms with Crippen LogP contribution in [0, 0.1) is 0 Å². The van der Waals surface area contributed by atoms with Gasteiger partial charge in [-0.25, -0.2) is 0 Å².